The van der Waals surface area contributed by atoms with E-state index in [0.717, 1.165) is 33.9 Å². The molecule has 1 N–H and O–H groups in total. The van der Waals surface area contributed by atoms with Crippen LogP contribution in [0.15, 0.2) is 60.8 Å². The number of rotatable bonds is 4. The Kier molecular flexibility index (Phi) is 4.28. The van der Waals surface area contributed by atoms with E-state index in [2.05, 4.69) is 42.3 Å². The van der Waals surface area contributed by atoms with Crippen molar-refractivity contribution in [1.82, 2.24) is 4.98 Å². The van der Waals surface area contributed by atoms with E-state index in [1.165, 1.54) is 0 Å². The quantitative estimate of drug-likeness (QED) is 0.746. The lowest BCUT2D eigenvalue weighted by atomic mass is 10.1. The molecular formula is C22H21N3O2. The van der Waals surface area contributed by atoms with Crippen LogP contribution in [0.4, 0.5) is 11.4 Å². The fourth-order valence-corrected chi connectivity index (χ4v) is 3.37. The molecule has 1 aliphatic rings. The number of amides is 1. The van der Waals surface area contributed by atoms with Crippen molar-refractivity contribution in [1.29, 1.82) is 0 Å². The Morgan fingerprint density at radius 3 is 2.59 bits per heavy atom. The Bertz CT molecular complexity index is 999. The SMILES string of the molecule is COc1ccc(N2C(=O)c3cccnc3[C@@H]2Nc2cc(C)ccc2C)cc1. The Morgan fingerprint density at radius 1 is 1.07 bits per heavy atom. The molecule has 0 fully saturated rings. The van der Waals surface area contributed by atoms with Gasteiger partial charge in [0.25, 0.3) is 5.91 Å². The minimum absolute atomic E-state index is 0.0638. The van der Waals surface area contributed by atoms with Crippen molar-refractivity contribution in [3.63, 3.8) is 0 Å². The second-order valence-electron chi connectivity index (χ2n) is 6.67. The third-order valence-electron chi connectivity index (χ3n) is 4.84. The van der Waals surface area contributed by atoms with Gasteiger partial charge in [0.15, 0.2) is 6.17 Å². The third kappa shape index (κ3) is 3.01. The molecule has 3 aromatic rings. The van der Waals surface area contributed by atoms with E-state index in [0.29, 0.717) is 5.56 Å². The van der Waals surface area contributed by atoms with Crippen LogP contribution in [0.2, 0.25) is 0 Å². The minimum atomic E-state index is -0.373. The van der Waals surface area contributed by atoms with E-state index in [4.69, 9.17) is 4.74 Å². The molecule has 5 nitrogen and oxygen atoms in total. The summed E-state index contributed by atoms with van der Waals surface area (Å²) in [5.74, 6) is 0.686. The summed E-state index contributed by atoms with van der Waals surface area (Å²) in [6.07, 6.45) is 1.35. The monoisotopic (exact) mass is 359 g/mol. The normalized spacial score (nSPS) is 15.6. The van der Waals surface area contributed by atoms with Gasteiger partial charge in [0, 0.05) is 17.6 Å². The highest BCUT2D eigenvalue weighted by molar-refractivity contribution is 6.11. The van der Waals surface area contributed by atoms with Crippen molar-refractivity contribution in [2.45, 2.75) is 20.0 Å². The first-order chi connectivity index (χ1) is 13.1. The maximum Gasteiger partial charge on any atom is 0.262 e. The lowest BCUT2D eigenvalue weighted by molar-refractivity contribution is 0.0993. The number of carbonyl (C=O) groups is 1. The Balaban J connectivity index is 1.78. The largest absolute Gasteiger partial charge is 0.497 e. The number of aromatic nitrogens is 1. The highest BCUT2D eigenvalue weighted by Gasteiger charge is 2.39. The second kappa shape index (κ2) is 6.76. The topological polar surface area (TPSA) is 54.5 Å². The summed E-state index contributed by atoms with van der Waals surface area (Å²) in [6, 6.07) is 17.4. The molecule has 0 saturated heterocycles. The van der Waals surface area contributed by atoms with Gasteiger partial charge in [-0.25, -0.2) is 0 Å². The molecule has 2 aromatic carbocycles. The fraction of sp³-hybridized carbons (Fsp3) is 0.182. The van der Waals surface area contributed by atoms with Crippen LogP contribution < -0.4 is 15.0 Å². The van der Waals surface area contributed by atoms with Crippen LogP contribution >= 0.6 is 0 Å². The molecule has 0 radical (unpaired) electrons. The van der Waals surface area contributed by atoms with Gasteiger partial charge in [-0.1, -0.05) is 12.1 Å². The first-order valence-electron chi connectivity index (χ1n) is 8.85. The molecule has 0 bridgehead atoms. The number of aryl methyl sites for hydroxylation is 2. The van der Waals surface area contributed by atoms with Gasteiger partial charge in [-0.3, -0.25) is 14.7 Å². The third-order valence-corrected chi connectivity index (χ3v) is 4.84. The van der Waals surface area contributed by atoms with Crippen LogP contribution in [0.25, 0.3) is 0 Å². The molecule has 27 heavy (non-hydrogen) atoms. The smallest absolute Gasteiger partial charge is 0.262 e. The van der Waals surface area contributed by atoms with Gasteiger partial charge in [-0.15, -0.1) is 0 Å². The first kappa shape index (κ1) is 17.1. The number of pyridine rings is 1. The number of benzene rings is 2. The Labute approximate surface area is 158 Å². The van der Waals surface area contributed by atoms with Crippen molar-refractivity contribution in [2.24, 2.45) is 0 Å². The van der Waals surface area contributed by atoms with E-state index >= 15 is 0 Å². The molecule has 136 valence electrons. The zero-order valence-electron chi connectivity index (χ0n) is 15.6. The molecular weight excluding hydrogens is 338 g/mol. The van der Waals surface area contributed by atoms with Gasteiger partial charge >= 0.3 is 0 Å². The number of hydrogen-bond acceptors (Lipinski definition) is 4. The van der Waals surface area contributed by atoms with E-state index in [1.54, 1.807) is 24.3 Å². The van der Waals surface area contributed by atoms with Crippen LogP contribution in [0, 0.1) is 13.8 Å². The number of methoxy groups -OCH3 is 1. The van der Waals surface area contributed by atoms with E-state index in [9.17, 15) is 4.79 Å². The van der Waals surface area contributed by atoms with Crippen LogP contribution in [0.1, 0.15) is 33.3 Å². The maximum atomic E-state index is 13.1. The molecule has 1 aromatic heterocycles. The highest BCUT2D eigenvalue weighted by atomic mass is 16.5. The molecule has 0 saturated carbocycles. The van der Waals surface area contributed by atoms with Gasteiger partial charge in [0.05, 0.1) is 18.4 Å². The van der Waals surface area contributed by atoms with Crippen molar-refractivity contribution in [2.75, 3.05) is 17.3 Å². The summed E-state index contributed by atoms with van der Waals surface area (Å²) in [4.78, 5) is 19.4. The van der Waals surface area contributed by atoms with Gasteiger partial charge in [0.1, 0.15) is 5.75 Å². The number of hydrogen-bond donors (Lipinski definition) is 1. The lowest BCUT2D eigenvalue weighted by Crippen LogP contribution is -2.32. The summed E-state index contributed by atoms with van der Waals surface area (Å²) in [7, 11) is 1.63. The minimum Gasteiger partial charge on any atom is -0.497 e. The predicted molar refractivity (Wildman–Crippen MR) is 106 cm³/mol. The zero-order chi connectivity index (χ0) is 19.0. The molecule has 1 atom stereocenters. The molecule has 0 spiro atoms. The van der Waals surface area contributed by atoms with Crippen molar-refractivity contribution in [3.05, 3.63) is 83.2 Å². The number of fused-ring (bicyclic) bond motifs is 1. The van der Waals surface area contributed by atoms with Gasteiger partial charge in [-0.2, -0.15) is 0 Å². The molecule has 1 aliphatic heterocycles. The van der Waals surface area contributed by atoms with Gasteiger partial charge in [-0.05, 0) is 67.4 Å². The summed E-state index contributed by atoms with van der Waals surface area (Å²) < 4.78 is 5.24. The van der Waals surface area contributed by atoms with Crippen LogP contribution in [-0.2, 0) is 0 Å². The molecule has 1 amide bonds. The molecule has 5 heteroatoms. The van der Waals surface area contributed by atoms with Crippen molar-refractivity contribution >= 4 is 17.3 Å². The van der Waals surface area contributed by atoms with Crippen molar-refractivity contribution in [3.8, 4) is 5.75 Å². The van der Waals surface area contributed by atoms with Crippen molar-refractivity contribution < 1.29 is 9.53 Å². The number of nitrogens with zero attached hydrogens (tertiary/aromatic N) is 2. The average Bonchev–Trinajstić information content (AvgIpc) is 2.97. The molecule has 0 unspecified atom stereocenters. The number of carbonyl (C=O) groups excluding carboxylic acids is 1. The zero-order valence-corrected chi connectivity index (χ0v) is 15.6. The summed E-state index contributed by atoms with van der Waals surface area (Å²) in [6.45, 7) is 4.10. The number of nitrogens with one attached hydrogen (secondary N) is 1. The number of ether oxygens (including phenoxy) is 1. The summed E-state index contributed by atoms with van der Waals surface area (Å²) >= 11 is 0. The van der Waals surface area contributed by atoms with E-state index in [1.807, 2.05) is 30.3 Å². The Hall–Kier alpha value is -3.34. The first-order valence-corrected chi connectivity index (χ1v) is 8.85. The highest BCUT2D eigenvalue weighted by Crippen LogP contribution is 2.38. The van der Waals surface area contributed by atoms with Gasteiger partial charge in [0.2, 0.25) is 0 Å². The summed E-state index contributed by atoms with van der Waals surface area (Å²) in [5, 5.41) is 3.53. The molecule has 0 aliphatic carbocycles. The van der Waals surface area contributed by atoms with Gasteiger partial charge < -0.3 is 10.1 Å². The van der Waals surface area contributed by atoms with Crippen LogP contribution in [0.5, 0.6) is 5.75 Å². The van der Waals surface area contributed by atoms with Crippen LogP contribution in [-0.4, -0.2) is 18.0 Å². The second-order valence-corrected chi connectivity index (χ2v) is 6.67. The van der Waals surface area contributed by atoms with Crippen LogP contribution in [0.3, 0.4) is 0 Å². The lowest BCUT2D eigenvalue weighted by Gasteiger charge is -2.27. The Morgan fingerprint density at radius 2 is 1.85 bits per heavy atom. The standard InChI is InChI=1S/C22H21N3O2/c1-14-6-7-15(2)19(13-14)24-21-20-18(5-4-12-23-20)22(26)25(21)16-8-10-17(27-3)11-9-16/h4-13,21,24H,1-3H3/t21-/m1/s1. The summed E-state index contributed by atoms with van der Waals surface area (Å²) in [5.41, 5.74) is 5.42. The fourth-order valence-electron chi connectivity index (χ4n) is 3.37. The molecule has 2 heterocycles. The molecule has 4 rings (SSSR count). The van der Waals surface area contributed by atoms with E-state index in [-0.39, 0.29) is 12.1 Å². The average molecular weight is 359 g/mol. The van der Waals surface area contributed by atoms with E-state index < -0.39 is 0 Å². The number of anilines is 2. The maximum absolute atomic E-state index is 13.1. The predicted octanol–water partition coefficient (Wildman–Crippen LogP) is 4.48.